The van der Waals surface area contributed by atoms with E-state index in [1.54, 1.807) is 0 Å². The summed E-state index contributed by atoms with van der Waals surface area (Å²) in [5.74, 6) is -5.36. The van der Waals surface area contributed by atoms with Crippen LogP contribution in [0, 0.1) is 17.8 Å². The van der Waals surface area contributed by atoms with Gasteiger partial charge in [0.05, 0.1) is 11.5 Å². The highest BCUT2D eigenvalue weighted by Crippen LogP contribution is 2.51. The summed E-state index contributed by atoms with van der Waals surface area (Å²) in [6.07, 6.45) is 0.722. The Morgan fingerprint density at radius 3 is 2.39 bits per heavy atom. The Balaban J connectivity index is 1.48. The molecule has 3 aliphatic carbocycles. The smallest absolute Gasteiger partial charge is 0.255 e. The van der Waals surface area contributed by atoms with Crippen molar-refractivity contribution in [2.75, 3.05) is 0 Å². The number of carbonyl (C=O) groups is 3. The maximum atomic E-state index is 13.9. The molecule has 210 valence electrons. The van der Waals surface area contributed by atoms with Gasteiger partial charge in [0.25, 0.3) is 5.91 Å². The zero-order valence-corrected chi connectivity index (χ0v) is 22.9. The van der Waals surface area contributed by atoms with Crippen LogP contribution >= 0.6 is 0 Å². The van der Waals surface area contributed by atoms with Gasteiger partial charge < -0.3 is 26.4 Å². The summed E-state index contributed by atoms with van der Waals surface area (Å²) in [6, 6.07) is 15.9. The fourth-order valence-corrected chi connectivity index (χ4v) is 6.96. The van der Waals surface area contributed by atoms with Gasteiger partial charge >= 0.3 is 0 Å². The molecule has 3 aliphatic rings. The lowest BCUT2D eigenvalue weighted by Gasteiger charge is -2.41. The number of nitrogens with two attached hydrogens (primary N) is 1. The second kappa shape index (κ2) is 9.89. The second-order valence-electron chi connectivity index (χ2n) is 11.6. The minimum Gasteiger partial charge on any atom is -0.511 e. The van der Waals surface area contributed by atoms with Crippen LogP contribution in [0.25, 0.3) is 21.9 Å². The third-order valence-electron chi connectivity index (χ3n) is 8.78. The van der Waals surface area contributed by atoms with Crippen LogP contribution in [0.1, 0.15) is 48.2 Å². The lowest BCUT2D eigenvalue weighted by atomic mass is 9.62. The van der Waals surface area contributed by atoms with E-state index in [0.717, 1.165) is 27.5 Å². The number of Topliss-reactive ketones (excluding diaryl/α,β-unsaturated/α-hetero) is 2. The molecule has 1 amide bonds. The number of benzene rings is 3. The molecule has 3 aromatic carbocycles. The molecule has 0 bridgehead atoms. The lowest BCUT2D eigenvalue weighted by Crippen LogP contribution is -2.43. The molecule has 0 spiro atoms. The van der Waals surface area contributed by atoms with Crippen molar-refractivity contribution in [3.05, 3.63) is 87.9 Å². The summed E-state index contributed by atoms with van der Waals surface area (Å²) in [5.41, 5.74) is 8.61. The van der Waals surface area contributed by atoms with Crippen LogP contribution in [0.15, 0.2) is 71.2 Å². The first kappa shape index (κ1) is 26.8. The van der Waals surface area contributed by atoms with Crippen molar-refractivity contribution in [2.24, 2.45) is 23.5 Å². The number of aromatic hydroxyl groups is 1. The van der Waals surface area contributed by atoms with Gasteiger partial charge in [-0.3, -0.25) is 14.4 Å². The topological polar surface area (TPSA) is 150 Å². The molecular weight excluding hydrogens is 520 g/mol. The number of ketones is 2. The van der Waals surface area contributed by atoms with Crippen molar-refractivity contribution in [1.82, 2.24) is 5.32 Å². The average molecular weight is 553 g/mol. The number of rotatable bonds is 5. The minimum absolute atomic E-state index is 0.00692. The molecule has 1 unspecified atom stereocenters. The molecule has 0 saturated carbocycles. The molecule has 0 radical (unpaired) electrons. The number of carbonyl (C=O) groups excluding carboxylic acids is 3. The van der Waals surface area contributed by atoms with Crippen LogP contribution in [-0.4, -0.2) is 38.8 Å². The normalized spacial score (nSPS) is 22.2. The number of hydrogen-bond acceptors (Lipinski definition) is 7. The SMILES string of the molecule is CC(C)NCc1ccc(-c2ccc(O)c3c2C[C@H]2C[C@H]4CC(O)=C(C(N)=O)C(=O)C4C(O)=C2C3=O)c2ccccc12. The van der Waals surface area contributed by atoms with Gasteiger partial charge in [0.1, 0.15) is 22.8 Å². The van der Waals surface area contributed by atoms with Gasteiger partial charge in [-0.05, 0) is 63.8 Å². The van der Waals surface area contributed by atoms with E-state index >= 15 is 0 Å². The number of nitrogens with one attached hydrogen (secondary N) is 1. The predicted molar refractivity (Wildman–Crippen MR) is 154 cm³/mol. The van der Waals surface area contributed by atoms with E-state index in [2.05, 4.69) is 37.4 Å². The van der Waals surface area contributed by atoms with E-state index in [4.69, 9.17) is 5.73 Å². The molecule has 8 heteroatoms. The third kappa shape index (κ3) is 4.21. The molecule has 6 N–H and O–H groups in total. The first-order chi connectivity index (χ1) is 19.6. The van der Waals surface area contributed by atoms with E-state index in [1.807, 2.05) is 24.3 Å². The van der Waals surface area contributed by atoms with Gasteiger partial charge in [-0.1, -0.05) is 56.3 Å². The van der Waals surface area contributed by atoms with Gasteiger partial charge in [0, 0.05) is 24.6 Å². The van der Waals surface area contributed by atoms with E-state index < -0.39 is 46.6 Å². The number of phenolic OH excluding ortho intramolecular Hbond substituents is 1. The first-order valence-corrected chi connectivity index (χ1v) is 13.9. The van der Waals surface area contributed by atoms with Crippen molar-refractivity contribution in [3.8, 4) is 16.9 Å². The van der Waals surface area contributed by atoms with E-state index in [-0.39, 0.29) is 29.1 Å². The summed E-state index contributed by atoms with van der Waals surface area (Å²) in [4.78, 5) is 38.9. The first-order valence-electron chi connectivity index (χ1n) is 13.9. The number of phenols is 1. The van der Waals surface area contributed by atoms with Crippen molar-refractivity contribution in [1.29, 1.82) is 0 Å². The summed E-state index contributed by atoms with van der Waals surface area (Å²) in [6.45, 7) is 4.91. The fraction of sp³-hybridized carbons (Fsp3) is 0.303. The van der Waals surface area contributed by atoms with Crippen LogP contribution in [0.5, 0.6) is 5.75 Å². The monoisotopic (exact) mass is 552 g/mol. The van der Waals surface area contributed by atoms with Crippen LogP contribution in [0.3, 0.4) is 0 Å². The largest absolute Gasteiger partial charge is 0.511 e. The number of aliphatic hydroxyl groups excluding tert-OH is 2. The molecule has 0 saturated heterocycles. The van der Waals surface area contributed by atoms with Crippen molar-refractivity contribution >= 4 is 28.2 Å². The quantitative estimate of drug-likeness (QED) is 0.286. The zero-order valence-electron chi connectivity index (χ0n) is 22.9. The molecule has 6 rings (SSSR count). The average Bonchev–Trinajstić information content (AvgIpc) is 2.91. The third-order valence-corrected chi connectivity index (χ3v) is 8.78. The minimum atomic E-state index is -1.13. The standard InChI is InChI=1S/C33H32N2O6/c1-15(2)35-14-16-7-8-21(20-6-4-3-5-19(16)20)22-9-10-24(36)28-23(22)12-17-11-18-13-25(37)29(33(34)41)32(40)27(18)30(38)26(17)31(28)39/h3-10,15,17-18,27,35-38H,11-14H2,1-2H3,(H2,34,41)/t17-,18+,27?/m1/s1. The van der Waals surface area contributed by atoms with E-state index in [1.165, 1.54) is 6.07 Å². The molecule has 41 heavy (non-hydrogen) atoms. The Bertz CT molecular complexity index is 1720. The Morgan fingerprint density at radius 1 is 0.976 bits per heavy atom. The van der Waals surface area contributed by atoms with Crippen molar-refractivity contribution in [3.63, 3.8) is 0 Å². The highest BCUT2D eigenvalue weighted by Gasteiger charge is 2.50. The van der Waals surface area contributed by atoms with E-state index in [9.17, 15) is 29.7 Å². The maximum absolute atomic E-state index is 13.9. The molecular formula is C33H32N2O6. The van der Waals surface area contributed by atoms with E-state index in [0.29, 0.717) is 31.0 Å². The highest BCUT2D eigenvalue weighted by molar-refractivity contribution is 6.22. The van der Waals surface area contributed by atoms with Gasteiger partial charge in [0.2, 0.25) is 0 Å². The Hall–Kier alpha value is -4.43. The number of amides is 1. The maximum Gasteiger partial charge on any atom is 0.255 e. The summed E-state index contributed by atoms with van der Waals surface area (Å²) in [7, 11) is 0. The number of primary amides is 1. The Kier molecular flexibility index (Phi) is 6.46. The Morgan fingerprint density at radius 2 is 1.68 bits per heavy atom. The highest BCUT2D eigenvalue weighted by atomic mass is 16.3. The van der Waals surface area contributed by atoms with Gasteiger partial charge in [-0.2, -0.15) is 0 Å². The number of aliphatic hydroxyl groups is 2. The second-order valence-corrected chi connectivity index (χ2v) is 11.6. The van der Waals surface area contributed by atoms with Crippen LogP contribution in [0.2, 0.25) is 0 Å². The summed E-state index contributed by atoms with van der Waals surface area (Å²) < 4.78 is 0. The predicted octanol–water partition coefficient (Wildman–Crippen LogP) is 4.78. The fourth-order valence-electron chi connectivity index (χ4n) is 6.96. The molecule has 0 fully saturated rings. The molecule has 0 aliphatic heterocycles. The molecule has 0 heterocycles. The van der Waals surface area contributed by atoms with Gasteiger partial charge in [-0.25, -0.2) is 0 Å². The molecule has 3 aromatic rings. The zero-order chi connectivity index (χ0) is 29.2. The Labute approximate surface area is 237 Å². The molecule has 8 nitrogen and oxygen atoms in total. The van der Waals surface area contributed by atoms with Crippen LogP contribution < -0.4 is 11.1 Å². The van der Waals surface area contributed by atoms with Crippen molar-refractivity contribution in [2.45, 2.75) is 45.7 Å². The number of allylic oxidation sites excluding steroid dienone is 3. The summed E-state index contributed by atoms with van der Waals surface area (Å²) >= 11 is 0. The number of hydrogen-bond donors (Lipinski definition) is 5. The van der Waals surface area contributed by atoms with Crippen molar-refractivity contribution < 1.29 is 29.7 Å². The van der Waals surface area contributed by atoms with Crippen LogP contribution in [-0.2, 0) is 22.6 Å². The van der Waals surface area contributed by atoms with Crippen LogP contribution in [0.4, 0.5) is 0 Å². The van der Waals surface area contributed by atoms with Gasteiger partial charge in [-0.15, -0.1) is 0 Å². The lowest BCUT2D eigenvalue weighted by molar-refractivity contribution is -0.126. The molecule has 3 atom stereocenters. The summed E-state index contributed by atoms with van der Waals surface area (Å²) in [5, 5.41) is 38.2. The number of fused-ring (bicyclic) bond motifs is 4. The van der Waals surface area contributed by atoms with Gasteiger partial charge in [0.15, 0.2) is 11.6 Å². The molecule has 0 aromatic heterocycles.